The third kappa shape index (κ3) is 4.29. The molecule has 0 aliphatic carbocycles. The fourth-order valence-electron chi connectivity index (χ4n) is 3.54. The van der Waals surface area contributed by atoms with E-state index in [2.05, 4.69) is 73.0 Å². The lowest BCUT2D eigenvalue weighted by Gasteiger charge is -2.28. The predicted octanol–water partition coefficient (Wildman–Crippen LogP) is 3.65. The van der Waals surface area contributed by atoms with E-state index in [-0.39, 0.29) is 11.3 Å². The first-order valence-electron chi connectivity index (χ1n) is 9.22. The van der Waals surface area contributed by atoms with Crippen LogP contribution in [0.4, 0.5) is 0 Å². The van der Waals surface area contributed by atoms with Crippen LogP contribution in [-0.2, 0) is 11.2 Å². The summed E-state index contributed by atoms with van der Waals surface area (Å²) in [5.74, 6) is 0.660. The molecule has 1 fully saturated rings. The third-order valence-corrected chi connectivity index (χ3v) is 4.97. The summed E-state index contributed by atoms with van der Waals surface area (Å²) >= 11 is 0. The summed E-state index contributed by atoms with van der Waals surface area (Å²) in [6.07, 6.45) is 1.68. The molecule has 1 amide bonds. The van der Waals surface area contributed by atoms with Crippen LogP contribution in [0.25, 0.3) is 11.1 Å². The average Bonchev–Trinajstić information content (AvgIpc) is 3.10. The number of hydrogen-bond donors (Lipinski definition) is 2. The van der Waals surface area contributed by atoms with Gasteiger partial charge in [0.1, 0.15) is 0 Å². The average molecular weight is 336 g/mol. The van der Waals surface area contributed by atoms with Crippen molar-refractivity contribution in [1.82, 2.24) is 10.6 Å². The molecular weight excluding hydrogens is 308 g/mol. The minimum Gasteiger partial charge on any atom is -0.355 e. The quantitative estimate of drug-likeness (QED) is 0.845. The summed E-state index contributed by atoms with van der Waals surface area (Å²) in [7, 11) is 0. The lowest BCUT2D eigenvalue weighted by Crippen LogP contribution is -2.45. The number of carbonyl (C=O) groups is 1. The summed E-state index contributed by atoms with van der Waals surface area (Å²) in [6.45, 7) is 6.66. The van der Waals surface area contributed by atoms with Crippen LogP contribution in [-0.4, -0.2) is 25.5 Å². The van der Waals surface area contributed by atoms with E-state index in [1.165, 1.54) is 16.7 Å². The maximum atomic E-state index is 12.9. The van der Waals surface area contributed by atoms with Crippen molar-refractivity contribution in [2.75, 3.05) is 19.6 Å². The Balaban J connectivity index is 1.80. The summed E-state index contributed by atoms with van der Waals surface area (Å²) in [5, 5.41) is 6.54. The van der Waals surface area contributed by atoms with Gasteiger partial charge in [0.2, 0.25) is 5.91 Å². The van der Waals surface area contributed by atoms with Crippen molar-refractivity contribution in [2.45, 2.75) is 26.7 Å². The summed E-state index contributed by atoms with van der Waals surface area (Å²) in [5.41, 5.74) is 3.32. The van der Waals surface area contributed by atoms with Crippen molar-refractivity contribution < 1.29 is 4.79 Å². The van der Waals surface area contributed by atoms with Gasteiger partial charge in [-0.1, -0.05) is 68.4 Å². The van der Waals surface area contributed by atoms with Gasteiger partial charge in [-0.05, 0) is 42.0 Å². The highest BCUT2D eigenvalue weighted by atomic mass is 16.2. The van der Waals surface area contributed by atoms with Crippen molar-refractivity contribution >= 4 is 5.91 Å². The van der Waals surface area contributed by atoms with Crippen LogP contribution in [0, 0.1) is 11.3 Å². The highest BCUT2D eigenvalue weighted by Crippen LogP contribution is 2.32. The van der Waals surface area contributed by atoms with E-state index < -0.39 is 0 Å². The predicted molar refractivity (Wildman–Crippen MR) is 103 cm³/mol. The highest BCUT2D eigenvalue weighted by Gasteiger charge is 2.41. The molecule has 1 heterocycles. The fourth-order valence-corrected chi connectivity index (χ4v) is 3.54. The maximum absolute atomic E-state index is 12.9. The van der Waals surface area contributed by atoms with Gasteiger partial charge in [-0.3, -0.25) is 4.79 Å². The smallest absolute Gasteiger partial charge is 0.227 e. The molecule has 132 valence electrons. The second kappa shape index (κ2) is 7.83. The van der Waals surface area contributed by atoms with Gasteiger partial charge in [-0.2, -0.15) is 0 Å². The Hall–Kier alpha value is -2.13. The number of carbonyl (C=O) groups excluding carboxylic acids is 1. The number of nitrogens with one attached hydrogen (secondary N) is 2. The second-order valence-corrected chi connectivity index (χ2v) is 7.55. The Morgan fingerprint density at radius 3 is 2.56 bits per heavy atom. The SMILES string of the molecule is CC(C)CNC(=O)C1(Cc2cccc(-c3ccccc3)c2)CCNC1. The molecule has 2 N–H and O–H groups in total. The van der Waals surface area contributed by atoms with Crippen molar-refractivity contribution in [2.24, 2.45) is 11.3 Å². The molecule has 3 heteroatoms. The van der Waals surface area contributed by atoms with E-state index in [9.17, 15) is 4.79 Å². The molecule has 1 atom stereocenters. The molecule has 0 radical (unpaired) electrons. The zero-order valence-corrected chi connectivity index (χ0v) is 15.2. The van der Waals surface area contributed by atoms with Crippen LogP contribution in [0.15, 0.2) is 54.6 Å². The maximum Gasteiger partial charge on any atom is 0.227 e. The number of rotatable bonds is 6. The molecule has 0 aromatic heterocycles. The molecule has 3 nitrogen and oxygen atoms in total. The normalized spacial score (nSPS) is 20.0. The molecule has 1 saturated heterocycles. The first-order valence-corrected chi connectivity index (χ1v) is 9.22. The zero-order valence-electron chi connectivity index (χ0n) is 15.2. The minimum absolute atomic E-state index is 0.191. The largest absolute Gasteiger partial charge is 0.355 e. The number of benzene rings is 2. The highest BCUT2D eigenvalue weighted by molar-refractivity contribution is 5.83. The Morgan fingerprint density at radius 2 is 1.88 bits per heavy atom. The van der Waals surface area contributed by atoms with Gasteiger partial charge >= 0.3 is 0 Å². The molecule has 0 spiro atoms. The van der Waals surface area contributed by atoms with Gasteiger partial charge < -0.3 is 10.6 Å². The van der Waals surface area contributed by atoms with E-state index >= 15 is 0 Å². The van der Waals surface area contributed by atoms with Crippen molar-refractivity contribution in [3.8, 4) is 11.1 Å². The van der Waals surface area contributed by atoms with E-state index in [1.54, 1.807) is 0 Å². The molecule has 25 heavy (non-hydrogen) atoms. The minimum atomic E-state index is -0.329. The Morgan fingerprint density at radius 1 is 1.12 bits per heavy atom. The van der Waals surface area contributed by atoms with E-state index in [1.807, 2.05) is 6.07 Å². The van der Waals surface area contributed by atoms with E-state index in [4.69, 9.17) is 0 Å². The summed E-state index contributed by atoms with van der Waals surface area (Å²) in [4.78, 5) is 12.9. The van der Waals surface area contributed by atoms with Crippen LogP contribution in [0.1, 0.15) is 25.8 Å². The third-order valence-electron chi connectivity index (χ3n) is 4.97. The van der Waals surface area contributed by atoms with Gasteiger partial charge in [0, 0.05) is 13.1 Å². The van der Waals surface area contributed by atoms with Crippen LogP contribution < -0.4 is 10.6 Å². The molecular formula is C22H28N2O. The van der Waals surface area contributed by atoms with Gasteiger partial charge in [0.05, 0.1) is 5.41 Å². The molecule has 2 aromatic carbocycles. The van der Waals surface area contributed by atoms with Gasteiger partial charge in [-0.25, -0.2) is 0 Å². The lowest BCUT2D eigenvalue weighted by molar-refractivity contribution is -0.130. The zero-order chi connectivity index (χ0) is 17.7. The Labute approximate surface area is 150 Å². The summed E-state index contributed by atoms with van der Waals surface area (Å²) in [6, 6.07) is 19.0. The lowest BCUT2D eigenvalue weighted by atomic mass is 9.79. The number of amides is 1. The molecule has 1 unspecified atom stereocenters. The Kier molecular flexibility index (Phi) is 5.54. The monoisotopic (exact) mass is 336 g/mol. The number of hydrogen-bond acceptors (Lipinski definition) is 2. The molecule has 3 rings (SSSR count). The topological polar surface area (TPSA) is 41.1 Å². The van der Waals surface area contributed by atoms with E-state index in [0.29, 0.717) is 5.92 Å². The Bertz CT molecular complexity index is 703. The summed E-state index contributed by atoms with van der Waals surface area (Å²) < 4.78 is 0. The van der Waals surface area contributed by atoms with Crippen LogP contribution in [0.2, 0.25) is 0 Å². The molecule has 0 saturated carbocycles. The van der Waals surface area contributed by atoms with Gasteiger partial charge in [-0.15, -0.1) is 0 Å². The van der Waals surface area contributed by atoms with Crippen LogP contribution in [0.5, 0.6) is 0 Å². The molecule has 1 aliphatic heterocycles. The van der Waals surface area contributed by atoms with E-state index in [0.717, 1.165) is 32.5 Å². The van der Waals surface area contributed by atoms with Gasteiger partial charge in [0.15, 0.2) is 0 Å². The van der Waals surface area contributed by atoms with Crippen molar-refractivity contribution in [1.29, 1.82) is 0 Å². The standard InChI is InChI=1S/C22H28N2O/c1-17(2)15-24-21(25)22(11-12-23-16-22)14-18-7-6-10-20(13-18)19-8-4-3-5-9-19/h3-10,13,17,23H,11-12,14-16H2,1-2H3,(H,24,25). The first kappa shape index (κ1) is 17.7. The van der Waals surface area contributed by atoms with Gasteiger partial charge in [0.25, 0.3) is 0 Å². The second-order valence-electron chi connectivity index (χ2n) is 7.55. The first-order chi connectivity index (χ1) is 12.1. The molecule has 0 bridgehead atoms. The molecule has 2 aromatic rings. The van der Waals surface area contributed by atoms with Crippen molar-refractivity contribution in [3.05, 3.63) is 60.2 Å². The van der Waals surface area contributed by atoms with Crippen molar-refractivity contribution in [3.63, 3.8) is 0 Å². The molecule has 1 aliphatic rings. The van der Waals surface area contributed by atoms with Crippen LogP contribution >= 0.6 is 0 Å². The fraction of sp³-hybridized carbons (Fsp3) is 0.409. The van der Waals surface area contributed by atoms with Crippen LogP contribution in [0.3, 0.4) is 0 Å².